The topological polar surface area (TPSA) is 29.9 Å². The van der Waals surface area contributed by atoms with E-state index in [-0.39, 0.29) is 0 Å². The molecule has 1 aromatic carbocycles. The zero-order chi connectivity index (χ0) is 12.3. The maximum Gasteiger partial charge on any atom is 0.0672 e. The van der Waals surface area contributed by atoms with E-state index in [9.17, 15) is 0 Å². The van der Waals surface area contributed by atoms with Gasteiger partial charge in [-0.3, -0.25) is 4.68 Å². The lowest BCUT2D eigenvalue weighted by Crippen LogP contribution is -2.04. The summed E-state index contributed by atoms with van der Waals surface area (Å²) in [7, 11) is 1.96. The zero-order valence-electron chi connectivity index (χ0n) is 10.7. The SMILES string of the molecule is CCn1cc(-c2ccc(CNC)cc2)c(C)n1. The number of benzene rings is 1. The quantitative estimate of drug-likeness (QED) is 0.873. The van der Waals surface area contributed by atoms with E-state index in [1.807, 2.05) is 11.7 Å². The van der Waals surface area contributed by atoms with Crippen LogP contribution < -0.4 is 5.32 Å². The molecule has 90 valence electrons. The van der Waals surface area contributed by atoms with Crippen LogP contribution in [-0.2, 0) is 13.1 Å². The Kier molecular flexibility index (Phi) is 3.59. The van der Waals surface area contributed by atoms with E-state index >= 15 is 0 Å². The van der Waals surface area contributed by atoms with E-state index < -0.39 is 0 Å². The highest BCUT2D eigenvalue weighted by Crippen LogP contribution is 2.22. The smallest absolute Gasteiger partial charge is 0.0672 e. The third-order valence-electron chi connectivity index (χ3n) is 2.92. The molecule has 0 aliphatic rings. The fourth-order valence-corrected chi connectivity index (χ4v) is 1.97. The van der Waals surface area contributed by atoms with Gasteiger partial charge in [-0.15, -0.1) is 0 Å². The fourth-order valence-electron chi connectivity index (χ4n) is 1.97. The minimum atomic E-state index is 0.910. The summed E-state index contributed by atoms with van der Waals surface area (Å²) in [4.78, 5) is 0. The first kappa shape index (κ1) is 11.9. The van der Waals surface area contributed by atoms with Crippen molar-refractivity contribution in [1.29, 1.82) is 0 Å². The number of nitrogens with one attached hydrogen (secondary N) is 1. The Morgan fingerprint density at radius 1 is 1.24 bits per heavy atom. The molecule has 1 heterocycles. The standard InChI is InChI=1S/C14H19N3/c1-4-17-10-14(11(2)16-17)13-7-5-12(6-8-13)9-15-3/h5-8,10,15H,4,9H2,1-3H3. The fraction of sp³-hybridized carbons (Fsp3) is 0.357. The van der Waals surface area contributed by atoms with Crippen molar-refractivity contribution in [3.05, 3.63) is 41.7 Å². The summed E-state index contributed by atoms with van der Waals surface area (Å²) in [6.45, 7) is 5.99. The van der Waals surface area contributed by atoms with Crippen LogP contribution in [0.3, 0.4) is 0 Å². The van der Waals surface area contributed by atoms with Crippen LogP contribution in [0.15, 0.2) is 30.5 Å². The predicted octanol–water partition coefficient (Wildman–Crippen LogP) is 2.60. The molecule has 3 heteroatoms. The Bertz CT molecular complexity index is 483. The molecule has 2 rings (SSSR count). The van der Waals surface area contributed by atoms with Gasteiger partial charge >= 0.3 is 0 Å². The first-order chi connectivity index (χ1) is 8.24. The molecular formula is C14H19N3. The first-order valence-electron chi connectivity index (χ1n) is 6.02. The molecule has 0 spiro atoms. The molecule has 1 N–H and O–H groups in total. The van der Waals surface area contributed by atoms with Crippen LogP contribution in [-0.4, -0.2) is 16.8 Å². The molecule has 2 aromatic rings. The lowest BCUT2D eigenvalue weighted by Gasteiger charge is -2.02. The van der Waals surface area contributed by atoms with Crippen LogP contribution in [0.5, 0.6) is 0 Å². The van der Waals surface area contributed by atoms with Crippen molar-refractivity contribution >= 4 is 0 Å². The molecule has 3 nitrogen and oxygen atoms in total. The highest BCUT2D eigenvalue weighted by molar-refractivity contribution is 5.65. The molecule has 0 amide bonds. The van der Waals surface area contributed by atoms with E-state index in [0.717, 1.165) is 18.8 Å². The first-order valence-corrected chi connectivity index (χ1v) is 6.02. The molecule has 0 unspecified atom stereocenters. The van der Waals surface area contributed by atoms with Crippen molar-refractivity contribution in [3.63, 3.8) is 0 Å². The molecule has 0 bridgehead atoms. The van der Waals surface area contributed by atoms with E-state index in [4.69, 9.17) is 0 Å². The summed E-state index contributed by atoms with van der Waals surface area (Å²) in [6.07, 6.45) is 2.11. The van der Waals surface area contributed by atoms with Gasteiger partial charge in [-0.25, -0.2) is 0 Å². The molecule has 0 saturated carbocycles. The number of nitrogens with zero attached hydrogens (tertiary/aromatic N) is 2. The molecule has 17 heavy (non-hydrogen) atoms. The number of aromatic nitrogens is 2. The Hall–Kier alpha value is -1.61. The summed E-state index contributed by atoms with van der Waals surface area (Å²) >= 11 is 0. The summed E-state index contributed by atoms with van der Waals surface area (Å²) in [6, 6.07) is 8.65. The summed E-state index contributed by atoms with van der Waals surface area (Å²) < 4.78 is 1.98. The van der Waals surface area contributed by atoms with Gasteiger partial charge in [-0.05, 0) is 32.0 Å². The number of aryl methyl sites for hydroxylation is 2. The third-order valence-corrected chi connectivity index (χ3v) is 2.92. The third kappa shape index (κ3) is 2.56. The van der Waals surface area contributed by atoms with E-state index in [0.29, 0.717) is 0 Å². The van der Waals surface area contributed by atoms with Crippen molar-refractivity contribution < 1.29 is 0 Å². The molecule has 0 atom stereocenters. The number of hydrogen-bond acceptors (Lipinski definition) is 2. The van der Waals surface area contributed by atoms with Crippen molar-refractivity contribution in [1.82, 2.24) is 15.1 Å². The average molecular weight is 229 g/mol. The van der Waals surface area contributed by atoms with Crippen LogP contribution in [0.2, 0.25) is 0 Å². The molecule has 0 radical (unpaired) electrons. The second-order valence-corrected chi connectivity index (χ2v) is 4.21. The molecular weight excluding hydrogens is 210 g/mol. The normalized spacial score (nSPS) is 10.8. The van der Waals surface area contributed by atoms with Gasteiger partial charge in [0.05, 0.1) is 5.69 Å². The van der Waals surface area contributed by atoms with Crippen LogP contribution in [0.25, 0.3) is 11.1 Å². The number of hydrogen-bond donors (Lipinski definition) is 1. The van der Waals surface area contributed by atoms with Gasteiger partial charge in [0, 0.05) is 24.8 Å². The van der Waals surface area contributed by atoms with E-state index in [1.165, 1.54) is 16.7 Å². The van der Waals surface area contributed by atoms with Crippen LogP contribution >= 0.6 is 0 Å². The number of rotatable bonds is 4. The molecule has 0 fully saturated rings. The van der Waals surface area contributed by atoms with Crippen molar-refractivity contribution in [3.8, 4) is 11.1 Å². The van der Waals surface area contributed by atoms with Crippen molar-refractivity contribution in [2.75, 3.05) is 7.05 Å². The largest absolute Gasteiger partial charge is 0.316 e. The maximum atomic E-state index is 4.47. The second-order valence-electron chi connectivity index (χ2n) is 4.21. The Morgan fingerprint density at radius 2 is 1.94 bits per heavy atom. The Labute approximate surface area is 102 Å². The van der Waals surface area contributed by atoms with Gasteiger partial charge in [0.1, 0.15) is 0 Å². The van der Waals surface area contributed by atoms with Crippen molar-refractivity contribution in [2.45, 2.75) is 26.9 Å². The predicted molar refractivity (Wildman–Crippen MR) is 70.8 cm³/mol. The molecule has 0 aliphatic heterocycles. The van der Waals surface area contributed by atoms with Crippen LogP contribution in [0.4, 0.5) is 0 Å². The minimum absolute atomic E-state index is 0.910. The zero-order valence-corrected chi connectivity index (χ0v) is 10.7. The van der Waals surface area contributed by atoms with Gasteiger partial charge in [0.15, 0.2) is 0 Å². The monoisotopic (exact) mass is 229 g/mol. The van der Waals surface area contributed by atoms with Crippen molar-refractivity contribution in [2.24, 2.45) is 0 Å². The Balaban J connectivity index is 2.29. The van der Waals surface area contributed by atoms with Gasteiger partial charge in [0.25, 0.3) is 0 Å². The van der Waals surface area contributed by atoms with Crippen LogP contribution in [0, 0.1) is 6.92 Å². The van der Waals surface area contributed by atoms with Crippen LogP contribution in [0.1, 0.15) is 18.2 Å². The van der Waals surface area contributed by atoms with E-state index in [1.54, 1.807) is 0 Å². The molecule has 1 aromatic heterocycles. The van der Waals surface area contributed by atoms with Gasteiger partial charge in [0.2, 0.25) is 0 Å². The maximum absolute atomic E-state index is 4.47. The highest BCUT2D eigenvalue weighted by atomic mass is 15.3. The lowest BCUT2D eigenvalue weighted by molar-refractivity contribution is 0.653. The Morgan fingerprint density at radius 3 is 2.47 bits per heavy atom. The summed E-state index contributed by atoms with van der Waals surface area (Å²) in [5, 5.41) is 7.62. The molecule has 0 saturated heterocycles. The minimum Gasteiger partial charge on any atom is -0.316 e. The highest BCUT2D eigenvalue weighted by Gasteiger charge is 2.06. The average Bonchev–Trinajstić information content (AvgIpc) is 2.72. The van der Waals surface area contributed by atoms with Gasteiger partial charge in [-0.1, -0.05) is 24.3 Å². The van der Waals surface area contributed by atoms with E-state index in [2.05, 4.69) is 54.7 Å². The van der Waals surface area contributed by atoms with Gasteiger partial charge < -0.3 is 5.32 Å². The summed E-state index contributed by atoms with van der Waals surface area (Å²) in [5.41, 5.74) is 4.86. The van der Waals surface area contributed by atoms with Gasteiger partial charge in [-0.2, -0.15) is 5.10 Å². The summed E-state index contributed by atoms with van der Waals surface area (Å²) in [5.74, 6) is 0. The molecule has 0 aliphatic carbocycles. The second kappa shape index (κ2) is 5.15. The lowest BCUT2D eigenvalue weighted by atomic mass is 10.1.